The summed E-state index contributed by atoms with van der Waals surface area (Å²) >= 11 is 0. The van der Waals surface area contributed by atoms with E-state index in [1.54, 1.807) is 0 Å². The van der Waals surface area contributed by atoms with Gasteiger partial charge in [-0.2, -0.15) is 33.7 Å². The van der Waals surface area contributed by atoms with Crippen LogP contribution in [0.25, 0.3) is 0 Å². The first-order valence-electron chi connectivity index (χ1n) is 14.7. The summed E-state index contributed by atoms with van der Waals surface area (Å²) < 4.78 is 175. The molecule has 0 heterocycles. The lowest BCUT2D eigenvalue weighted by molar-refractivity contribution is -0.137. The average Bonchev–Trinajstić information content (AvgIpc) is 3.05. The lowest BCUT2D eigenvalue weighted by Gasteiger charge is -2.32. The average molecular weight is 851 g/mol. The lowest BCUT2D eigenvalue weighted by Crippen LogP contribution is -2.26. The fourth-order valence-corrected chi connectivity index (χ4v) is 9.57. The van der Waals surface area contributed by atoms with E-state index in [-0.39, 0.29) is 23.1 Å². The van der Waals surface area contributed by atoms with Crippen molar-refractivity contribution in [3.05, 3.63) is 89.5 Å². The summed E-state index contributed by atoms with van der Waals surface area (Å²) in [6.07, 6.45) is -0.824. The van der Waals surface area contributed by atoms with Gasteiger partial charge in [-0.15, -0.1) is 0 Å². The van der Waals surface area contributed by atoms with Gasteiger partial charge in [-0.05, 0) is 84.6 Å². The molecule has 0 aromatic heterocycles. The van der Waals surface area contributed by atoms with Crippen molar-refractivity contribution in [3.8, 4) is 17.2 Å². The first-order chi connectivity index (χ1) is 24.6. The molecule has 4 aromatic rings. The molecule has 0 bridgehead atoms. The van der Waals surface area contributed by atoms with Crippen LogP contribution in [0.4, 0.5) is 0 Å². The number of carbonyl (C=O) groups is 1. The molecular weight excluding hydrogens is 821 g/mol. The van der Waals surface area contributed by atoms with Crippen molar-refractivity contribution in [1.82, 2.24) is 0 Å². The highest BCUT2D eigenvalue weighted by molar-refractivity contribution is 7.91. The summed E-state index contributed by atoms with van der Waals surface area (Å²) in [5.74, 6) is -3.36. The van der Waals surface area contributed by atoms with Crippen LogP contribution in [0.1, 0.15) is 36.5 Å². The molecule has 4 rings (SSSR count). The van der Waals surface area contributed by atoms with Crippen molar-refractivity contribution in [2.75, 3.05) is 7.11 Å². The summed E-state index contributed by atoms with van der Waals surface area (Å²) in [4.78, 5) is 6.25. The Kier molecular flexibility index (Phi) is 11.5. The van der Waals surface area contributed by atoms with Gasteiger partial charge in [-0.3, -0.25) is 23.0 Å². The number of carboxylic acids is 1. The molecule has 0 saturated carbocycles. The van der Waals surface area contributed by atoms with Crippen molar-refractivity contribution in [2.45, 2.75) is 61.5 Å². The van der Waals surface area contributed by atoms with Crippen LogP contribution in [0.2, 0.25) is 0 Å². The first-order valence-corrected chi connectivity index (χ1v) is 22.0. The molecule has 5 N–H and O–H groups in total. The van der Waals surface area contributed by atoms with Crippen LogP contribution in [0.15, 0.2) is 102 Å². The number of hydrogen-bond acceptors (Lipinski definition) is 13. The van der Waals surface area contributed by atoms with Gasteiger partial charge in [-0.25, -0.2) is 8.42 Å². The zero-order chi connectivity index (χ0) is 40.8. The predicted octanol–water partition coefficient (Wildman–Crippen LogP) is 3.79. The molecule has 0 spiro atoms. The van der Waals surface area contributed by atoms with Crippen LogP contribution in [0.5, 0.6) is 17.2 Å². The van der Waals surface area contributed by atoms with E-state index in [0.717, 1.165) is 43.5 Å². The van der Waals surface area contributed by atoms with E-state index in [1.807, 2.05) is 0 Å². The second-order valence-corrected chi connectivity index (χ2v) is 19.3. The summed E-state index contributed by atoms with van der Waals surface area (Å²) in [7, 11) is -24.3. The topological polar surface area (TPSA) is 307 Å². The standard InChI is InChI=1S/C31H30O18S5/c1-18-4-5-19(14-26(18)51(36,37)38)31(2,13-12-30(32)33)20-6-9-24(27(15-20)52(39,40)41)49-25-11-8-22(17-29(25)54(45,46)47)50(34,35)21-7-10-23(48-3)28(16-21)53(42,43)44/h4-11,14-17H,12-13H2,1-3H3,(H,32,33)(H,36,37,38)(H,39,40,41)(H,42,43,44)(H,45,46,47). The van der Waals surface area contributed by atoms with Crippen LogP contribution in [-0.4, -0.2) is 78.5 Å². The Hall–Kier alpha value is -4.46. The van der Waals surface area contributed by atoms with Gasteiger partial charge in [0.2, 0.25) is 9.84 Å². The molecule has 18 nitrogen and oxygen atoms in total. The fourth-order valence-electron chi connectivity index (χ4n) is 5.39. The molecule has 0 aliphatic rings. The summed E-state index contributed by atoms with van der Waals surface area (Å²) in [6.45, 7) is 2.81. The molecule has 0 aliphatic carbocycles. The van der Waals surface area contributed by atoms with E-state index >= 15 is 0 Å². The monoisotopic (exact) mass is 850 g/mol. The molecule has 54 heavy (non-hydrogen) atoms. The fraction of sp³-hybridized carbons (Fsp3) is 0.194. The third-order valence-electron chi connectivity index (χ3n) is 8.25. The molecule has 0 saturated heterocycles. The highest BCUT2D eigenvalue weighted by atomic mass is 32.2. The van der Waals surface area contributed by atoms with Crippen molar-refractivity contribution in [3.63, 3.8) is 0 Å². The molecule has 292 valence electrons. The smallest absolute Gasteiger partial charge is 0.303 e. The van der Waals surface area contributed by atoms with Crippen molar-refractivity contribution >= 4 is 56.3 Å². The normalized spacial score (nSPS) is 13.9. The number of sulfone groups is 1. The van der Waals surface area contributed by atoms with E-state index in [9.17, 15) is 70.2 Å². The van der Waals surface area contributed by atoms with Crippen molar-refractivity contribution < 1.29 is 79.7 Å². The van der Waals surface area contributed by atoms with E-state index in [1.165, 1.54) is 32.0 Å². The number of methoxy groups -OCH3 is 1. The summed E-state index contributed by atoms with van der Waals surface area (Å²) in [6, 6.07) is 10.9. The SMILES string of the molecule is COc1ccc(S(=O)(=O)c2ccc(Oc3ccc(C(C)(CCC(=O)O)c4ccc(C)c(S(=O)(=O)O)c4)cc3S(=O)(=O)O)c(S(=O)(=O)O)c2)cc1S(=O)(=O)O. The van der Waals surface area contributed by atoms with E-state index in [0.29, 0.717) is 18.2 Å². The zero-order valence-electron chi connectivity index (χ0n) is 27.9. The number of carboxylic acid groups (broad SMARTS) is 1. The second kappa shape index (κ2) is 14.6. The number of rotatable bonds is 14. The third-order valence-corrected chi connectivity index (χ3v) is 13.6. The maximum absolute atomic E-state index is 13.5. The van der Waals surface area contributed by atoms with Gasteiger partial charge in [0.15, 0.2) is 0 Å². The minimum atomic E-state index is -5.39. The minimum Gasteiger partial charge on any atom is -0.495 e. The molecule has 0 amide bonds. The Balaban J connectivity index is 1.90. The van der Waals surface area contributed by atoms with E-state index in [2.05, 4.69) is 0 Å². The van der Waals surface area contributed by atoms with E-state index in [4.69, 9.17) is 9.47 Å². The van der Waals surface area contributed by atoms with Gasteiger partial charge in [0, 0.05) is 11.8 Å². The van der Waals surface area contributed by atoms with Gasteiger partial charge in [-0.1, -0.05) is 25.1 Å². The predicted molar refractivity (Wildman–Crippen MR) is 185 cm³/mol. The summed E-state index contributed by atoms with van der Waals surface area (Å²) in [5, 5.41) is 9.44. The molecule has 4 aromatic carbocycles. The molecule has 1 atom stereocenters. The largest absolute Gasteiger partial charge is 0.495 e. The van der Waals surface area contributed by atoms with Crippen LogP contribution < -0.4 is 9.47 Å². The summed E-state index contributed by atoms with van der Waals surface area (Å²) in [5.41, 5.74) is -1.34. The maximum atomic E-state index is 13.5. The van der Waals surface area contributed by atoms with Crippen LogP contribution >= 0.6 is 0 Å². The number of hydrogen-bond donors (Lipinski definition) is 5. The van der Waals surface area contributed by atoms with Gasteiger partial charge < -0.3 is 14.6 Å². The van der Waals surface area contributed by atoms with Gasteiger partial charge >= 0.3 is 5.97 Å². The number of benzene rings is 4. The molecule has 0 radical (unpaired) electrons. The first kappa shape index (κ1) is 42.3. The third kappa shape index (κ3) is 8.90. The molecule has 23 heteroatoms. The van der Waals surface area contributed by atoms with Gasteiger partial charge in [0.25, 0.3) is 40.5 Å². The quantitative estimate of drug-likeness (QED) is 0.113. The van der Waals surface area contributed by atoms with Gasteiger partial charge in [0.05, 0.1) is 21.8 Å². The van der Waals surface area contributed by atoms with E-state index < -0.39 is 115 Å². The lowest BCUT2D eigenvalue weighted by atomic mass is 9.73. The van der Waals surface area contributed by atoms with Crippen LogP contribution in [0, 0.1) is 6.92 Å². The number of aliphatic carboxylic acids is 1. The Bertz CT molecular complexity index is 2740. The van der Waals surface area contributed by atoms with Crippen LogP contribution in [-0.2, 0) is 60.5 Å². The van der Waals surface area contributed by atoms with Crippen LogP contribution in [0.3, 0.4) is 0 Å². The Morgan fingerprint density at radius 2 is 0.981 bits per heavy atom. The Morgan fingerprint density at radius 1 is 0.593 bits per heavy atom. The molecule has 1 unspecified atom stereocenters. The molecule has 0 fully saturated rings. The van der Waals surface area contributed by atoms with Gasteiger partial charge in [0.1, 0.15) is 31.9 Å². The number of aryl methyl sites for hydroxylation is 1. The highest BCUT2D eigenvalue weighted by Gasteiger charge is 2.34. The second-order valence-electron chi connectivity index (χ2n) is 11.8. The Labute approximate surface area is 309 Å². The zero-order valence-corrected chi connectivity index (χ0v) is 32.0. The number of ether oxygens (including phenoxy) is 2. The minimum absolute atomic E-state index is 0.0333. The Morgan fingerprint density at radius 3 is 1.43 bits per heavy atom. The molecule has 0 aliphatic heterocycles. The van der Waals surface area contributed by atoms with Crippen molar-refractivity contribution in [2.24, 2.45) is 0 Å². The molecular formula is C31H30O18S5. The highest BCUT2D eigenvalue weighted by Crippen LogP contribution is 2.42. The maximum Gasteiger partial charge on any atom is 0.303 e. The van der Waals surface area contributed by atoms with Crippen molar-refractivity contribution in [1.29, 1.82) is 0 Å².